The van der Waals surface area contributed by atoms with E-state index in [9.17, 15) is 9.59 Å². The van der Waals surface area contributed by atoms with Crippen LogP contribution in [0.2, 0.25) is 0 Å². The maximum Gasteiger partial charge on any atom is 0.254 e. The number of hydrogen-bond acceptors (Lipinski definition) is 3. The van der Waals surface area contributed by atoms with Crippen molar-refractivity contribution in [3.05, 3.63) is 33.8 Å². The summed E-state index contributed by atoms with van der Waals surface area (Å²) in [5.41, 5.74) is 6.55. The monoisotopic (exact) mass is 328 g/mol. The Hall–Kier alpha value is -1.40. The first-order chi connectivity index (χ1) is 8.97. The third-order valence-corrected chi connectivity index (χ3v) is 3.56. The van der Waals surface area contributed by atoms with Crippen LogP contribution in [0.25, 0.3) is 0 Å². The number of rotatable bonds is 6. The molecule has 6 heteroatoms. The van der Waals surface area contributed by atoms with Gasteiger partial charge >= 0.3 is 0 Å². The van der Waals surface area contributed by atoms with Gasteiger partial charge in [0.1, 0.15) is 0 Å². The summed E-state index contributed by atoms with van der Waals surface area (Å²) in [6.07, 6.45) is 0. The summed E-state index contributed by atoms with van der Waals surface area (Å²) in [5, 5.41) is 0. The molecule has 2 amide bonds. The molecule has 1 rings (SSSR count). The van der Waals surface area contributed by atoms with Crippen LogP contribution in [-0.4, -0.2) is 43.5 Å². The van der Waals surface area contributed by atoms with E-state index in [0.29, 0.717) is 18.7 Å². The van der Waals surface area contributed by atoms with Crippen molar-refractivity contribution in [1.29, 1.82) is 0 Å². The Morgan fingerprint density at radius 1 is 1.42 bits per heavy atom. The Labute approximate surface area is 120 Å². The number of amides is 2. The molecule has 0 aliphatic heterocycles. The smallest absolute Gasteiger partial charge is 0.254 e. The number of ether oxygens (including phenoxy) is 1. The van der Waals surface area contributed by atoms with Crippen molar-refractivity contribution in [2.24, 2.45) is 5.73 Å². The van der Waals surface area contributed by atoms with E-state index in [0.717, 1.165) is 10.0 Å². The van der Waals surface area contributed by atoms with Gasteiger partial charge in [-0.05, 0) is 24.6 Å². The van der Waals surface area contributed by atoms with E-state index in [4.69, 9.17) is 10.5 Å². The highest BCUT2D eigenvalue weighted by molar-refractivity contribution is 9.10. The average Bonchev–Trinajstić information content (AvgIpc) is 2.36. The summed E-state index contributed by atoms with van der Waals surface area (Å²) in [6.45, 7) is 2.40. The summed E-state index contributed by atoms with van der Waals surface area (Å²) in [6, 6.07) is 5.37. The van der Waals surface area contributed by atoms with E-state index in [2.05, 4.69) is 15.9 Å². The first-order valence-electron chi connectivity index (χ1n) is 5.79. The molecule has 0 bridgehead atoms. The molecule has 1 aromatic carbocycles. The van der Waals surface area contributed by atoms with Crippen molar-refractivity contribution in [3.8, 4) is 0 Å². The van der Waals surface area contributed by atoms with Crippen LogP contribution < -0.4 is 5.73 Å². The topological polar surface area (TPSA) is 72.6 Å². The Balaban J connectivity index is 2.97. The fraction of sp³-hybridized carbons (Fsp3) is 0.385. The number of benzene rings is 1. The third-order valence-electron chi connectivity index (χ3n) is 2.70. The maximum absolute atomic E-state index is 12.4. The standard InChI is InChI=1S/C13H17BrN2O3/c1-9-10(4-3-5-11(9)14)13(18)16(6-7-19-2)8-12(15)17/h3-5H,6-8H2,1-2H3,(H2,15,17). The van der Waals surface area contributed by atoms with Crippen LogP contribution in [0.1, 0.15) is 15.9 Å². The van der Waals surface area contributed by atoms with Crippen LogP contribution in [0.15, 0.2) is 22.7 Å². The minimum absolute atomic E-state index is 0.117. The molecule has 0 fully saturated rings. The Morgan fingerprint density at radius 2 is 2.11 bits per heavy atom. The lowest BCUT2D eigenvalue weighted by atomic mass is 10.1. The van der Waals surface area contributed by atoms with E-state index in [1.165, 1.54) is 12.0 Å². The largest absolute Gasteiger partial charge is 0.383 e. The van der Waals surface area contributed by atoms with Gasteiger partial charge in [-0.2, -0.15) is 0 Å². The van der Waals surface area contributed by atoms with Gasteiger partial charge < -0.3 is 15.4 Å². The number of carbonyl (C=O) groups excluding carboxylic acids is 2. The molecule has 0 heterocycles. The van der Waals surface area contributed by atoms with Gasteiger partial charge in [0.15, 0.2) is 0 Å². The summed E-state index contributed by atoms with van der Waals surface area (Å²) >= 11 is 3.38. The highest BCUT2D eigenvalue weighted by Crippen LogP contribution is 2.20. The highest BCUT2D eigenvalue weighted by atomic mass is 79.9. The third kappa shape index (κ3) is 4.33. The maximum atomic E-state index is 12.4. The second kappa shape index (κ2) is 7.25. The zero-order chi connectivity index (χ0) is 14.4. The van der Waals surface area contributed by atoms with E-state index in [1.54, 1.807) is 12.1 Å². The molecule has 0 unspecified atom stereocenters. The molecular weight excluding hydrogens is 312 g/mol. The molecular formula is C13H17BrN2O3. The van der Waals surface area contributed by atoms with Crippen LogP contribution >= 0.6 is 15.9 Å². The van der Waals surface area contributed by atoms with Crippen molar-refractivity contribution < 1.29 is 14.3 Å². The molecule has 0 saturated heterocycles. The van der Waals surface area contributed by atoms with E-state index in [-0.39, 0.29) is 12.5 Å². The first kappa shape index (κ1) is 15.7. The lowest BCUT2D eigenvalue weighted by molar-refractivity contribution is -0.118. The normalized spacial score (nSPS) is 10.3. The van der Waals surface area contributed by atoms with Crippen LogP contribution in [0.5, 0.6) is 0 Å². The molecule has 5 nitrogen and oxygen atoms in total. The number of nitrogens with zero attached hydrogens (tertiary/aromatic N) is 1. The van der Waals surface area contributed by atoms with Gasteiger partial charge in [0, 0.05) is 23.7 Å². The van der Waals surface area contributed by atoms with Crippen molar-refractivity contribution in [2.75, 3.05) is 26.8 Å². The van der Waals surface area contributed by atoms with Crippen molar-refractivity contribution >= 4 is 27.7 Å². The quantitative estimate of drug-likeness (QED) is 0.856. The summed E-state index contributed by atoms with van der Waals surface area (Å²) in [5.74, 6) is -0.772. The lowest BCUT2D eigenvalue weighted by Crippen LogP contribution is -2.40. The van der Waals surface area contributed by atoms with Gasteiger partial charge in [0.25, 0.3) is 5.91 Å². The van der Waals surface area contributed by atoms with Gasteiger partial charge in [-0.1, -0.05) is 22.0 Å². The zero-order valence-electron chi connectivity index (χ0n) is 11.0. The van der Waals surface area contributed by atoms with E-state index >= 15 is 0 Å². The van der Waals surface area contributed by atoms with Gasteiger partial charge in [-0.15, -0.1) is 0 Å². The molecule has 104 valence electrons. The number of halogens is 1. The van der Waals surface area contributed by atoms with Crippen molar-refractivity contribution in [1.82, 2.24) is 4.90 Å². The minimum atomic E-state index is -0.544. The van der Waals surface area contributed by atoms with Crippen LogP contribution in [0.3, 0.4) is 0 Å². The Kier molecular flexibility index (Phi) is 5.98. The summed E-state index contributed by atoms with van der Waals surface area (Å²) in [7, 11) is 1.54. The predicted octanol–water partition coefficient (Wildman–Crippen LogP) is 1.33. The van der Waals surface area contributed by atoms with Gasteiger partial charge in [-0.3, -0.25) is 9.59 Å². The fourth-order valence-corrected chi connectivity index (χ4v) is 2.02. The average molecular weight is 329 g/mol. The number of hydrogen-bond donors (Lipinski definition) is 1. The Morgan fingerprint density at radius 3 is 2.68 bits per heavy atom. The van der Waals surface area contributed by atoms with E-state index in [1.807, 2.05) is 13.0 Å². The number of nitrogens with two attached hydrogens (primary N) is 1. The summed E-state index contributed by atoms with van der Waals surface area (Å²) < 4.78 is 5.79. The zero-order valence-corrected chi connectivity index (χ0v) is 12.6. The van der Waals surface area contributed by atoms with Crippen LogP contribution in [-0.2, 0) is 9.53 Å². The SMILES string of the molecule is COCCN(CC(N)=O)C(=O)c1cccc(Br)c1C. The van der Waals surface area contributed by atoms with Gasteiger partial charge in [0.05, 0.1) is 13.2 Å². The molecule has 0 saturated carbocycles. The number of primary amides is 1. The Bertz CT molecular complexity index is 477. The fourth-order valence-electron chi connectivity index (χ4n) is 1.65. The van der Waals surface area contributed by atoms with Gasteiger partial charge in [-0.25, -0.2) is 0 Å². The number of carbonyl (C=O) groups is 2. The molecule has 1 aromatic rings. The minimum Gasteiger partial charge on any atom is -0.383 e. The van der Waals surface area contributed by atoms with Crippen LogP contribution in [0, 0.1) is 6.92 Å². The molecule has 0 atom stereocenters. The van der Waals surface area contributed by atoms with Crippen molar-refractivity contribution in [2.45, 2.75) is 6.92 Å². The molecule has 0 spiro atoms. The number of methoxy groups -OCH3 is 1. The highest BCUT2D eigenvalue weighted by Gasteiger charge is 2.19. The van der Waals surface area contributed by atoms with Crippen molar-refractivity contribution in [3.63, 3.8) is 0 Å². The summed E-state index contributed by atoms with van der Waals surface area (Å²) in [4.78, 5) is 24.8. The predicted molar refractivity (Wildman–Crippen MR) is 75.9 cm³/mol. The molecule has 0 aliphatic carbocycles. The molecule has 0 aromatic heterocycles. The van der Waals surface area contributed by atoms with E-state index < -0.39 is 5.91 Å². The second-order valence-electron chi connectivity index (χ2n) is 4.10. The molecule has 0 aliphatic rings. The molecule has 2 N–H and O–H groups in total. The lowest BCUT2D eigenvalue weighted by Gasteiger charge is -2.22. The molecule has 19 heavy (non-hydrogen) atoms. The van der Waals surface area contributed by atoms with Gasteiger partial charge in [0.2, 0.25) is 5.91 Å². The first-order valence-corrected chi connectivity index (χ1v) is 6.58. The van der Waals surface area contributed by atoms with Crippen LogP contribution in [0.4, 0.5) is 0 Å². The second-order valence-corrected chi connectivity index (χ2v) is 4.95. The molecule has 0 radical (unpaired) electrons.